The van der Waals surface area contributed by atoms with Gasteiger partial charge in [0.2, 0.25) is 0 Å². The van der Waals surface area contributed by atoms with Gasteiger partial charge in [0, 0.05) is 25.2 Å². The first-order valence-electron chi connectivity index (χ1n) is 6.34. The lowest BCUT2D eigenvalue weighted by atomic mass is 10.1. The minimum Gasteiger partial charge on any atom is -0.352 e. The third-order valence-electron chi connectivity index (χ3n) is 3.92. The summed E-state index contributed by atoms with van der Waals surface area (Å²) < 4.78 is 0. The molecule has 3 rings (SSSR count). The number of nitrogens with one attached hydrogen (secondary N) is 1. The third-order valence-corrected chi connectivity index (χ3v) is 3.92. The highest BCUT2D eigenvalue weighted by Crippen LogP contribution is 2.25. The minimum atomic E-state index is 0.718. The molecule has 1 N–H and O–H groups in total. The minimum absolute atomic E-state index is 0.718. The van der Waals surface area contributed by atoms with Crippen molar-refractivity contribution in [2.75, 3.05) is 26.7 Å². The van der Waals surface area contributed by atoms with E-state index in [4.69, 9.17) is 5.41 Å². The predicted octanol–water partition coefficient (Wildman–Crippen LogP) is 1.78. The van der Waals surface area contributed by atoms with Crippen LogP contribution in [0.3, 0.4) is 0 Å². The van der Waals surface area contributed by atoms with Crippen LogP contribution in [0.1, 0.15) is 17.5 Å². The maximum atomic E-state index is 8.21. The standard InChI is InChI=1S/C14H19N3/c1-16-7-6-11(8-16)9-17-10-12-4-2-3-5-13(12)14(17)15/h2-5,11,15H,6-10H2,1H3. The molecule has 90 valence electrons. The Kier molecular flexibility index (Phi) is 2.63. The maximum Gasteiger partial charge on any atom is 0.128 e. The molecular weight excluding hydrogens is 210 g/mol. The van der Waals surface area contributed by atoms with Gasteiger partial charge in [0.15, 0.2) is 0 Å². The Bertz CT molecular complexity index is 441. The Morgan fingerprint density at radius 2 is 2.18 bits per heavy atom. The molecule has 2 aliphatic heterocycles. The second kappa shape index (κ2) is 4.15. The molecule has 0 radical (unpaired) electrons. The van der Waals surface area contributed by atoms with Crippen molar-refractivity contribution in [1.29, 1.82) is 5.41 Å². The largest absolute Gasteiger partial charge is 0.352 e. The van der Waals surface area contributed by atoms with Gasteiger partial charge in [-0.3, -0.25) is 5.41 Å². The van der Waals surface area contributed by atoms with Crippen LogP contribution in [0.2, 0.25) is 0 Å². The Hall–Kier alpha value is -1.35. The summed E-state index contributed by atoms with van der Waals surface area (Å²) in [4.78, 5) is 4.62. The number of nitrogens with zero attached hydrogens (tertiary/aromatic N) is 2. The lowest BCUT2D eigenvalue weighted by Gasteiger charge is -2.22. The van der Waals surface area contributed by atoms with Crippen molar-refractivity contribution in [3.63, 3.8) is 0 Å². The molecular formula is C14H19N3. The van der Waals surface area contributed by atoms with Crippen molar-refractivity contribution in [2.45, 2.75) is 13.0 Å². The quantitative estimate of drug-likeness (QED) is 0.838. The van der Waals surface area contributed by atoms with Crippen LogP contribution in [-0.2, 0) is 6.54 Å². The fourth-order valence-electron chi connectivity index (χ4n) is 2.99. The van der Waals surface area contributed by atoms with E-state index in [1.54, 1.807) is 0 Å². The van der Waals surface area contributed by atoms with E-state index in [1.807, 2.05) is 6.07 Å². The summed E-state index contributed by atoms with van der Waals surface area (Å²) in [5, 5.41) is 8.21. The average Bonchev–Trinajstić information content (AvgIpc) is 2.86. The number of hydrogen-bond donors (Lipinski definition) is 1. The number of likely N-dealkylation sites (tertiary alicyclic amines) is 1. The first-order valence-corrected chi connectivity index (χ1v) is 6.34. The van der Waals surface area contributed by atoms with Gasteiger partial charge in [-0.15, -0.1) is 0 Å². The summed E-state index contributed by atoms with van der Waals surface area (Å²) in [7, 11) is 2.18. The van der Waals surface area contributed by atoms with Crippen molar-refractivity contribution in [3.05, 3.63) is 35.4 Å². The number of benzene rings is 1. The van der Waals surface area contributed by atoms with E-state index >= 15 is 0 Å². The van der Waals surface area contributed by atoms with Crippen LogP contribution in [0.4, 0.5) is 0 Å². The normalized spacial score (nSPS) is 24.4. The lowest BCUT2D eigenvalue weighted by Crippen LogP contribution is -2.31. The molecule has 1 saturated heterocycles. The first kappa shape index (κ1) is 10.8. The Balaban J connectivity index is 1.70. The zero-order chi connectivity index (χ0) is 11.8. The van der Waals surface area contributed by atoms with E-state index in [-0.39, 0.29) is 0 Å². The second-order valence-corrected chi connectivity index (χ2v) is 5.30. The van der Waals surface area contributed by atoms with Gasteiger partial charge in [-0.1, -0.05) is 24.3 Å². The van der Waals surface area contributed by atoms with Crippen molar-refractivity contribution in [3.8, 4) is 0 Å². The molecule has 0 spiro atoms. The molecule has 1 atom stereocenters. The predicted molar refractivity (Wildman–Crippen MR) is 69.3 cm³/mol. The van der Waals surface area contributed by atoms with Gasteiger partial charge < -0.3 is 9.80 Å². The molecule has 3 heteroatoms. The molecule has 1 unspecified atom stereocenters. The van der Waals surface area contributed by atoms with Crippen LogP contribution in [0.5, 0.6) is 0 Å². The van der Waals surface area contributed by atoms with E-state index in [9.17, 15) is 0 Å². The molecule has 2 heterocycles. The molecule has 0 aromatic heterocycles. The molecule has 3 nitrogen and oxygen atoms in total. The van der Waals surface area contributed by atoms with Crippen molar-refractivity contribution >= 4 is 5.84 Å². The molecule has 1 fully saturated rings. The maximum absolute atomic E-state index is 8.21. The SMILES string of the molecule is CN1CCC(CN2Cc3ccccc3C2=N)C1. The van der Waals surface area contributed by atoms with Crippen LogP contribution in [-0.4, -0.2) is 42.3 Å². The summed E-state index contributed by atoms with van der Waals surface area (Å²) in [6, 6.07) is 8.31. The summed E-state index contributed by atoms with van der Waals surface area (Å²) in [5.74, 6) is 1.45. The van der Waals surface area contributed by atoms with Crippen LogP contribution < -0.4 is 0 Å². The Labute approximate surface area is 103 Å². The summed E-state index contributed by atoms with van der Waals surface area (Å²) in [5.41, 5.74) is 2.43. The van der Waals surface area contributed by atoms with Gasteiger partial charge in [0.05, 0.1) is 0 Å². The van der Waals surface area contributed by atoms with Gasteiger partial charge in [0.25, 0.3) is 0 Å². The van der Waals surface area contributed by atoms with Crippen LogP contribution in [0.25, 0.3) is 0 Å². The van der Waals surface area contributed by atoms with Crippen LogP contribution in [0.15, 0.2) is 24.3 Å². The van der Waals surface area contributed by atoms with Crippen molar-refractivity contribution < 1.29 is 0 Å². The van der Waals surface area contributed by atoms with E-state index in [2.05, 4.69) is 35.0 Å². The lowest BCUT2D eigenvalue weighted by molar-refractivity contribution is 0.328. The van der Waals surface area contributed by atoms with Crippen LogP contribution >= 0.6 is 0 Å². The fourth-order valence-corrected chi connectivity index (χ4v) is 2.99. The van der Waals surface area contributed by atoms with E-state index in [1.165, 1.54) is 25.1 Å². The molecule has 0 aliphatic carbocycles. The number of amidine groups is 1. The van der Waals surface area contributed by atoms with Gasteiger partial charge in [0.1, 0.15) is 5.84 Å². The highest BCUT2D eigenvalue weighted by molar-refractivity contribution is 6.00. The smallest absolute Gasteiger partial charge is 0.128 e. The van der Waals surface area contributed by atoms with Crippen molar-refractivity contribution in [1.82, 2.24) is 9.80 Å². The Morgan fingerprint density at radius 1 is 1.35 bits per heavy atom. The Morgan fingerprint density at radius 3 is 2.88 bits per heavy atom. The van der Waals surface area contributed by atoms with Gasteiger partial charge >= 0.3 is 0 Å². The van der Waals surface area contributed by atoms with Gasteiger partial charge in [-0.25, -0.2) is 0 Å². The molecule has 0 bridgehead atoms. The first-order chi connectivity index (χ1) is 8.24. The summed E-state index contributed by atoms with van der Waals surface area (Å²) in [6.07, 6.45) is 1.27. The molecule has 17 heavy (non-hydrogen) atoms. The number of rotatable bonds is 2. The molecule has 1 aromatic carbocycles. The molecule has 0 saturated carbocycles. The van der Waals surface area contributed by atoms with Gasteiger partial charge in [-0.05, 0) is 31.5 Å². The van der Waals surface area contributed by atoms with Crippen LogP contribution in [0, 0.1) is 11.3 Å². The number of fused-ring (bicyclic) bond motifs is 1. The second-order valence-electron chi connectivity index (χ2n) is 5.30. The topological polar surface area (TPSA) is 30.3 Å². The third kappa shape index (κ3) is 1.95. The van der Waals surface area contributed by atoms with E-state index in [0.717, 1.165) is 30.4 Å². The highest BCUT2D eigenvalue weighted by Gasteiger charge is 2.28. The number of hydrogen-bond acceptors (Lipinski definition) is 2. The summed E-state index contributed by atoms with van der Waals surface area (Å²) in [6.45, 7) is 4.35. The highest BCUT2D eigenvalue weighted by atomic mass is 15.2. The zero-order valence-electron chi connectivity index (χ0n) is 10.3. The van der Waals surface area contributed by atoms with E-state index < -0.39 is 0 Å². The molecule has 2 aliphatic rings. The van der Waals surface area contributed by atoms with Crippen molar-refractivity contribution in [2.24, 2.45) is 5.92 Å². The average molecular weight is 229 g/mol. The summed E-state index contributed by atoms with van der Waals surface area (Å²) >= 11 is 0. The molecule has 1 aromatic rings. The van der Waals surface area contributed by atoms with Gasteiger partial charge in [-0.2, -0.15) is 0 Å². The monoisotopic (exact) mass is 229 g/mol. The fraction of sp³-hybridized carbons (Fsp3) is 0.500. The zero-order valence-corrected chi connectivity index (χ0v) is 10.3. The molecule has 0 amide bonds. The van der Waals surface area contributed by atoms with E-state index in [0.29, 0.717) is 0 Å².